The summed E-state index contributed by atoms with van der Waals surface area (Å²) in [4.78, 5) is 9.24. The Labute approximate surface area is 98.5 Å². The number of nitrogens with zero attached hydrogens (tertiary/aromatic N) is 3. The van der Waals surface area contributed by atoms with E-state index in [2.05, 4.69) is 35.7 Å². The molecule has 0 aromatic heterocycles. The molecule has 1 spiro atoms. The lowest BCUT2D eigenvalue weighted by molar-refractivity contribution is 0.0812. The van der Waals surface area contributed by atoms with Crippen molar-refractivity contribution >= 4 is 5.96 Å². The van der Waals surface area contributed by atoms with Gasteiger partial charge in [-0.15, -0.1) is 0 Å². The lowest BCUT2D eigenvalue weighted by Gasteiger charge is -2.45. The zero-order valence-electron chi connectivity index (χ0n) is 10.7. The first-order chi connectivity index (χ1) is 7.53. The van der Waals surface area contributed by atoms with E-state index in [1.165, 1.54) is 19.4 Å². The highest BCUT2D eigenvalue weighted by Gasteiger charge is 2.44. The molecule has 0 aromatic rings. The van der Waals surface area contributed by atoms with Gasteiger partial charge in [0.05, 0.1) is 12.1 Å². The molecule has 0 bridgehead atoms. The van der Waals surface area contributed by atoms with Gasteiger partial charge in [0, 0.05) is 13.1 Å². The van der Waals surface area contributed by atoms with E-state index in [0.29, 0.717) is 5.92 Å². The summed E-state index contributed by atoms with van der Waals surface area (Å²) < 4.78 is 0. The molecule has 2 heterocycles. The number of likely N-dealkylation sites (N-methyl/N-ethyl adjacent to an activating group) is 1. The summed E-state index contributed by atoms with van der Waals surface area (Å²) in [6.07, 6.45) is 2.49. The van der Waals surface area contributed by atoms with Gasteiger partial charge in [-0.25, -0.2) is 0 Å². The monoisotopic (exact) mass is 224 g/mol. The number of rotatable bonds is 2. The molecule has 92 valence electrons. The lowest BCUT2D eigenvalue weighted by atomic mass is 9.87. The molecular formula is C12H24N4. The Kier molecular flexibility index (Phi) is 3.10. The zero-order chi connectivity index (χ0) is 11.8. The molecule has 4 heteroatoms. The molecule has 2 N–H and O–H groups in total. The molecular weight excluding hydrogens is 200 g/mol. The minimum Gasteiger partial charge on any atom is -0.370 e. The molecule has 2 rings (SSSR count). The third-order valence-electron chi connectivity index (χ3n) is 3.68. The van der Waals surface area contributed by atoms with E-state index in [4.69, 9.17) is 5.73 Å². The van der Waals surface area contributed by atoms with Crippen LogP contribution >= 0.6 is 0 Å². The predicted molar refractivity (Wildman–Crippen MR) is 67.5 cm³/mol. The van der Waals surface area contributed by atoms with Crippen molar-refractivity contribution in [2.45, 2.75) is 32.2 Å². The van der Waals surface area contributed by atoms with E-state index in [1.54, 1.807) is 0 Å². The Bertz CT molecular complexity index is 287. The zero-order valence-corrected chi connectivity index (χ0v) is 10.7. The van der Waals surface area contributed by atoms with Crippen LogP contribution in [0.3, 0.4) is 0 Å². The lowest BCUT2D eigenvalue weighted by Crippen LogP contribution is -2.60. The van der Waals surface area contributed by atoms with Crippen LogP contribution in [0.25, 0.3) is 0 Å². The van der Waals surface area contributed by atoms with Crippen LogP contribution in [-0.4, -0.2) is 54.5 Å². The number of likely N-dealkylation sites (tertiary alicyclic amines) is 1. The number of piperidine rings is 1. The molecule has 1 unspecified atom stereocenters. The Hall–Kier alpha value is -0.770. The Morgan fingerprint density at radius 3 is 2.88 bits per heavy atom. The summed E-state index contributed by atoms with van der Waals surface area (Å²) in [6.45, 7) is 8.71. The molecule has 0 saturated carbocycles. The van der Waals surface area contributed by atoms with Crippen molar-refractivity contribution in [3.63, 3.8) is 0 Å². The van der Waals surface area contributed by atoms with Crippen molar-refractivity contribution in [1.82, 2.24) is 9.80 Å². The molecule has 0 amide bonds. The quantitative estimate of drug-likeness (QED) is 0.752. The fourth-order valence-corrected chi connectivity index (χ4v) is 2.98. The molecule has 4 nitrogen and oxygen atoms in total. The van der Waals surface area contributed by atoms with Crippen molar-refractivity contribution < 1.29 is 0 Å². The normalized spacial score (nSPS) is 31.5. The fourth-order valence-electron chi connectivity index (χ4n) is 2.98. The van der Waals surface area contributed by atoms with Gasteiger partial charge in [-0.1, -0.05) is 13.8 Å². The molecule has 1 saturated heterocycles. The van der Waals surface area contributed by atoms with Crippen molar-refractivity contribution in [3.8, 4) is 0 Å². The highest BCUT2D eigenvalue weighted by Crippen LogP contribution is 2.31. The van der Waals surface area contributed by atoms with Gasteiger partial charge in [0.1, 0.15) is 0 Å². The van der Waals surface area contributed by atoms with Gasteiger partial charge < -0.3 is 15.5 Å². The Morgan fingerprint density at radius 2 is 2.25 bits per heavy atom. The molecule has 16 heavy (non-hydrogen) atoms. The third kappa shape index (κ3) is 2.03. The van der Waals surface area contributed by atoms with Crippen LogP contribution in [0.4, 0.5) is 0 Å². The maximum absolute atomic E-state index is 6.04. The maximum atomic E-state index is 6.04. The summed E-state index contributed by atoms with van der Waals surface area (Å²) in [5.74, 6) is 1.39. The van der Waals surface area contributed by atoms with Crippen LogP contribution < -0.4 is 5.73 Å². The number of aliphatic imine (C=N–C) groups is 1. The Morgan fingerprint density at radius 1 is 1.50 bits per heavy atom. The predicted octanol–water partition coefficient (Wildman–Crippen LogP) is 0.737. The van der Waals surface area contributed by atoms with E-state index < -0.39 is 0 Å². The number of nitrogens with two attached hydrogens (primary N) is 1. The first-order valence-electron chi connectivity index (χ1n) is 6.30. The molecule has 0 aliphatic carbocycles. The average molecular weight is 224 g/mol. The standard InChI is InChI=1S/C12H24N4/c1-10(2)7-16-11(13)14-8-12(16)5-4-6-15(3)9-12/h10H,4-9H2,1-3H3,(H2,13,14). The van der Waals surface area contributed by atoms with Gasteiger partial charge in [-0.2, -0.15) is 0 Å². The first kappa shape index (κ1) is 11.7. The average Bonchev–Trinajstić information content (AvgIpc) is 2.47. The van der Waals surface area contributed by atoms with Gasteiger partial charge in [-0.3, -0.25) is 4.99 Å². The summed E-state index contributed by atoms with van der Waals surface area (Å²) in [5.41, 5.74) is 6.23. The summed E-state index contributed by atoms with van der Waals surface area (Å²) in [6, 6.07) is 0. The minimum absolute atomic E-state index is 0.196. The van der Waals surface area contributed by atoms with Gasteiger partial charge >= 0.3 is 0 Å². The Balaban J connectivity index is 2.13. The number of hydrogen-bond acceptors (Lipinski definition) is 4. The summed E-state index contributed by atoms with van der Waals surface area (Å²) >= 11 is 0. The van der Waals surface area contributed by atoms with Crippen LogP contribution in [-0.2, 0) is 0 Å². The number of hydrogen-bond donors (Lipinski definition) is 1. The molecule has 0 radical (unpaired) electrons. The first-order valence-corrected chi connectivity index (χ1v) is 6.30. The van der Waals surface area contributed by atoms with Crippen molar-refractivity contribution in [2.24, 2.45) is 16.6 Å². The van der Waals surface area contributed by atoms with Gasteiger partial charge in [-0.05, 0) is 32.4 Å². The van der Waals surface area contributed by atoms with Crippen LogP contribution in [0.5, 0.6) is 0 Å². The second-order valence-electron chi connectivity index (χ2n) is 5.74. The topological polar surface area (TPSA) is 44.9 Å². The van der Waals surface area contributed by atoms with Gasteiger partial charge in [0.15, 0.2) is 5.96 Å². The molecule has 2 aliphatic heterocycles. The second kappa shape index (κ2) is 4.24. The SMILES string of the molecule is CC(C)CN1C(N)=NCC12CCCN(C)C2. The van der Waals surface area contributed by atoms with Crippen LogP contribution in [0.2, 0.25) is 0 Å². The van der Waals surface area contributed by atoms with Crippen molar-refractivity contribution in [3.05, 3.63) is 0 Å². The van der Waals surface area contributed by atoms with E-state index in [9.17, 15) is 0 Å². The van der Waals surface area contributed by atoms with Gasteiger partial charge in [0.25, 0.3) is 0 Å². The summed E-state index contributed by atoms with van der Waals surface area (Å²) in [7, 11) is 2.20. The smallest absolute Gasteiger partial charge is 0.191 e. The molecule has 0 aromatic carbocycles. The largest absolute Gasteiger partial charge is 0.370 e. The van der Waals surface area contributed by atoms with Crippen LogP contribution in [0.15, 0.2) is 4.99 Å². The van der Waals surface area contributed by atoms with E-state index in [1.807, 2.05) is 0 Å². The molecule has 1 atom stereocenters. The van der Waals surface area contributed by atoms with Crippen molar-refractivity contribution in [1.29, 1.82) is 0 Å². The van der Waals surface area contributed by atoms with Crippen LogP contribution in [0.1, 0.15) is 26.7 Å². The number of guanidine groups is 1. The second-order valence-corrected chi connectivity index (χ2v) is 5.74. The fraction of sp³-hybridized carbons (Fsp3) is 0.917. The van der Waals surface area contributed by atoms with E-state index >= 15 is 0 Å². The molecule has 1 fully saturated rings. The third-order valence-corrected chi connectivity index (χ3v) is 3.68. The maximum Gasteiger partial charge on any atom is 0.191 e. The highest BCUT2D eigenvalue weighted by atomic mass is 15.4. The van der Waals surface area contributed by atoms with Crippen LogP contribution in [0, 0.1) is 5.92 Å². The summed E-state index contributed by atoms with van der Waals surface area (Å²) in [5, 5.41) is 0. The minimum atomic E-state index is 0.196. The highest BCUT2D eigenvalue weighted by molar-refractivity contribution is 5.81. The molecule has 2 aliphatic rings. The van der Waals surface area contributed by atoms with E-state index in [-0.39, 0.29) is 5.54 Å². The van der Waals surface area contributed by atoms with Crippen molar-refractivity contribution in [2.75, 3.05) is 33.2 Å². The van der Waals surface area contributed by atoms with E-state index in [0.717, 1.165) is 25.6 Å². The van der Waals surface area contributed by atoms with Gasteiger partial charge in [0.2, 0.25) is 0 Å².